The van der Waals surface area contributed by atoms with Crippen LogP contribution in [0.4, 0.5) is 10.1 Å². The van der Waals surface area contributed by atoms with E-state index in [1.54, 1.807) is 19.1 Å². The Hall–Kier alpha value is -2.72. The summed E-state index contributed by atoms with van der Waals surface area (Å²) in [6.45, 7) is 4.01. The van der Waals surface area contributed by atoms with Gasteiger partial charge in [0.25, 0.3) is 0 Å². The van der Waals surface area contributed by atoms with Crippen LogP contribution in [0.1, 0.15) is 51.1 Å². The number of nitrogen functional groups attached to an aromatic ring is 1. The highest BCUT2D eigenvalue weighted by Gasteiger charge is 2.30. The lowest BCUT2D eigenvalue weighted by molar-refractivity contribution is -0.126. The van der Waals surface area contributed by atoms with E-state index < -0.39 is 10.0 Å². The number of pyridine rings is 1. The summed E-state index contributed by atoms with van der Waals surface area (Å²) < 4.78 is 46.4. The third-order valence-corrected chi connectivity index (χ3v) is 7.08. The van der Waals surface area contributed by atoms with Gasteiger partial charge in [-0.3, -0.25) is 4.79 Å². The minimum atomic E-state index is -3.79. The van der Waals surface area contributed by atoms with Gasteiger partial charge in [-0.2, -0.15) is 0 Å². The van der Waals surface area contributed by atoms with Crippen LogP contribution in [0.3, 0.4) is 0 Å². The highest BCUT2D eigenvalue weighted by Crippen LogP contribution is 2.27. The van der Waals surface area contributed by atoms with Crippen molar-refractivity contribution in [2.75, 3.05) is 12.3 Å². The summed E-state index contributed by atoms with van der Waals surface area (Å²) in [4.78, 5) is 16.6. The van der Waals surface area contributed by atoms with Crippen LogP contribution < -0.4 is 20.5 Å². The SMILES string of the molecule is CCOc1ncc(S(=O)(=O)NC2CCC(C(=O)N[C@H](C)c3ccc(F)cc3)CC2)cc1N. The molecule has 1 heterocycles. The number of ether oxygens (including phenoxy) is 1. The zero-order chi connectivity index (χ0) is 23.3. The molecule has 1 atom stereocenters. The molecular formula is C22H29FN4O4S. The molecule has 1 aliphatic rings. The van der Waals surface area contributed by atoms with Crippen LogP contribution in [0, 0.1) is 11.7 Å². The normalized spacial score (nSPS) is 19.8. The Morgan fingerprint density at radius 2 is 1.91 bits per heavy atom. The van der Waals surface area contributed by atoms with Gasteiger partial charge in [0.1, 0.15) is 10.7 Å². The number of aromatic nitrogens is 1. The molecule has 1 aromatic heterocycles. The van der Waals surface area contributed by atoms with Gasteiger partial charge in [-0.05, 0) is 63.3 Å². The van der Waals surface area contributed by atoms with E-state index in [1.165, 1.54) is 24.4 Å². The number of hydrogen-bond donors (Lipinski definition) is 3. The molecule has 0 bridgehead atoms. The standard InChI is InChI=1S/C22H29FN4O4S/c1-3-31-22-20(24)12-19(13-25-22)32(29,30)27-18-10-6-16(7-11-18)21(28)26-14(2)15-4-8-17(23)9-5-15/h4-5,8-9,12-14,16,18,27H,3,6-7,10-11,24H2,1-2H3,(H,26,28)/t14-,16?,18?/m1/s1. The second-order valence-electron chi connectivity index (χ2n) is 7.95. The van der Waals surface area contributed by atoms with Crippen molar-refractivity contribution < 1.29 is 22.3 Å². The maximum Gasteiger partial charge on any atom is 0.242 e. The summed E-state index contributed by atoms with van der Waals surface area (Å²) >= 11 is 0. The summed E-state index contributed by atoms with van der Waals surface area (Å²) in [5.41, 5.74) is 6.82. The van der Waals surface area contributed by atoms with Crippen molar-refractivity contribution >= 4 is 21.6 Å². The van der Waals surface area contributed by atoms with Crippen LogP contribution in [0.15, 0.2) is 41.4 Å². The highest BCUT2D eigenvalue weighted by atomic mass is 32.2. The van der Waals surface area contributed by atoms with Crippen LogP contribution in [0.25, 0.3) is 0 Å². The molecule has 1 amide bonds. The number of benzene rings is 1. The molecule has 174 valence electrons. The van der Waals surface area contributed by atoms with E-state index in [0.717, 1.165) is 5.56 Å². The van der Waals surface area contributed by atoms with Crippen molar-refractivity contribution in [2.24, 2.45) is 5.92 Å². The van der Waals surface area contributed by atoms with Crippen LogP contribution in [-0.4, -0.2) is 32.0 Å². The molecule has 0 aliphatic heterocycles. The number of nitrogens with one attached hydrogen (secondary N) is 2. The van der Waals surface area contributed by atoms with Gasteiger partial charge < -0.3 is 15.8 Å². The second kappa shape index (κ2) is 10.3. The number of carbonyl (C=O) groups excluding carboxylic acids is 1. The molecule has 0 unspecified atom stereocenters. The Morgan fingerprint density at radius 3 is 2.50 bits per heavy atom. The van der Waals surface area contributed by atoms with Gasteiger partial charge in [0.05, 0.1) is 24.5 Å². The number of hydrogen-bond acceptors (Lipinski definition) is 6. The fourth-order valence-electron chi connectivity index (χ4n) is 3.78. The van der Waals surface area contributed by atoms with Crippen molar-refractivity contribution in [3.05, 3.63) is 47.9 Å². The number of rotatable bonds is 8. The monoisotopic (exact) mass is 464 g/mol. The lowest BCUT2D eigenvalue weighted by Crippen LogP contribution is -2.41. The maximum absolute atomic E-state index is 13.1. The number of carbonyl (C=O) groups is 1. The van der Waals surface area contributed by atoms with Gasteiger partial charge in [0.15, 0.2) is 0 Å². The first-order chi connectivity index (χ1) is 15.2. The molecule has 0 saturated heterocycles. The minimum absolute atomic E-state index is 0.0218. The molecule has 1 aliphatic carbocycles. The van der Waals surface area contributed by atoms with E-state index in [4.69, 9.17) is 10.5 Å². The van der Waals surface area contributed by atoms with Crippen LogP contribution in [-0.2, 0) is 14.8 Å². The van der Waals surface area contributed by atoms with Crippen molar-refractivity contribution in [1.82, 2.24) is 15.0 Å². The zero-order valence-electron chi connectivity index (χ0n) is 18.2. The molecule has 0 spiro atoms. The van der Waals surface area contributed by atoms with Gasteiger partial charge in [0, 0.05) is 12.0 Å². The predicted octanol–water partition coefficient (Wildman–Crippen LogP) is 2.92. The Labute approximate surface area is 187 Å². The van der Waals surface area contributed by atoms with Gasteiger partial charge >= 0.3 is 0 Å². The number of amides is 1. The number of nitrogens with zero attached hydrogens (tertiary/aromatic N) is 1. The Bertz CT molecular complexity index is 1040. The zero-order valence-corrected chi connectivity index (χ0v) is 19.0. The predicted molar refractivity (Wildman–Crippen MR) is 119 cm³/mol. The van der Waals surface area contributed by atoms with Crippen molar-refractivity contribution in [1.29, 1.82) is 0 Å². The third kappa shape index (κ3) is 5.95. The lowest BCUT2D eigenvalue weighted by atomic mass is 9.85. The third-order valence-electron chi connectivity index (χ3n) is 5.59. The fraction of sp³-hybridized carbons (Fsp3) is 0.455. The van der Waals surface area contributed by atoms with E-state index in [-0.39, 0.29) is 46.2 Å². The van der Waals surface area contributed by atoms with E-state index in [9.17, 15) is 17.6 Å². The first kappa shape index (κ1) is 23.9. The molecule has 8 nitrogen and oxygen atoms in total. The minimum Gasteiger partial charge on any atom is -0.477 e. The van der Waals surface area contributed by atoms with E-state index in [0.29, 0.717) is 32.3 Å². The smallest absolute Gasteiger partial charge is 0.242 e. The molecule has 32 heavy (non-hydrogen) atoms. The highest BCUT2D eigenvalue weighted by molar-refractivity contribution is 7.89. The lowest BCUT2D eigenvalue weighted by Gasteiger charge is -2.29. The number of anilines is 1. The van der Waals surface area contributed by atoms with Crippen molar-refractivity contribution in [3.63, 3.8) is 0 Å². The largest absolute Gasteiger partial charge is 0.477 e. The number of halogens is 1. The average Bonchev–Trinajstić information content (AvgIpc) is 2.76. The van der Waals surface area contributed by atoms with Gasteiger partial charge in [0.2, 0.25) is 21.8 Å². The number of nitrogens with two attached hydrogens (primary N) is 1. The molecule has 1 fully saturated rings. The molecule has 4 N–H and O–H groups in total. The van der Waals surface area contributed by atoms with E-state index in [2.05, 4.69) is 15.0 Å². The molecular weight excluding hydrogens is 435 g/mol. The first-order valence-corrected chi connectivity index (χ1v) is 12.1. The number of sulfonamides is 1. The first-order valence-electron chi connectivity index (χ1n) is 10.7. The summed E-state index contributed by atoms with van der Waals surface area (Å²) in [6.07, 6.45) is 3.45. The topological polar surface area (TPSA) is 123 Å². The molecule has 2 aromatic rings. The van der Waals surface area contributed by atoms with Crippen LogP contribution >= 0.6 is 0 Å². The van der Waals surface area contributed by atoms with Gasteiger partial charge in [-0.15, -0.1) is 0 Å². The fourth-order valence-corrected chi connectivity index (χ4v) is 5.06. The summed E-state index contributed by atoms with van der Waals surface area (Å²) in [6, 6.07) is 6.84. The van der Waals surface area contributed by atoms with Crippen molar-refractivity contribution in [2.45, 2.75) is 56.5 Å². The summed E-state index contributed by atoms with van der Waals surface area (Å²) in [5, 5.41) is 2.96. The van der Waals surface area contributed by atoms with Crippen molar-refractivity contribution in [3.8, 4) is 5.88 Å². The Kier molecular flexibility index (Phi) is 7.68. The van der Waals surface area contributed by atoms with Gasteiger partial charge in [-0.25, -0.2) is 22.5 Å². The molecule has 3 rings (SSSR count). The summed E-state index contributed by atoms with van der Waals surface area (Å²) in [7, 11) is -3.79. The second-order valence-corrected chi connectivity index (χ2v) is 9.66. The van der Waals surface area contributed by atoms with Gasteiger partial charge in [-0.1, -0.05) is 12.1 Å². The van der Waals surface area contributed by atoms with Crippen LogP contribution in [0.5, 0.6) is 5.88 Å². The van der Waals surface area contributed by atoms with Crippen LogP contribution in [0.2, 0.25) is 0 Å². The molecule has 1 aromatic carbocycles. The Morgan fingerprint density at radius 1 is 1.25 bits per heavy atom. The molecule has 0 radical (unpaired) electrons. The Balaban J connectivity index is 1.53. The maximum atomic E-state index is 13.1. The molecule has 1 saturated carbocycles. The quantitative estimate of drug-likeness (QED) is 0.552. The summed E-state index contributed by atoms with van der Waals surface area (Å²) in [5.74, 6) is -0.391. The molecule has 10 heteroatoms. The van der Waals surface area contributed by atoms with E-state index >= 15 is 0 Å². The average molecular weight is 465 g/mol. The van der Waals surface area contributed by atoms with E-state index in [1.807, 2.05) is 6.92 Å².